The average molecular weight is 537 g/mol. The molecule has 216 valence electrons. The minimum absolute atomic E-state index is 0.0315. The van der Waals surface area contributed by atoms with Gasteiger partial charge in [-0.15, -0.1) is 0 Å². The molecule has 3 fully saturated rings. The average Bonchev–Trinajstić information content (AvgIpc) is 2.87. The van der Waals surface area contributed by atoms with Crippen LogP contribution >= 0.6 is 0 Å². The van der Waals surface area contributed by atoms with E-state index >= 15 is 0 Å². The summed E-state index contributed by atoms with van der Waals surface area (Å²) < 4.78 is 23.7. The van der Waals surface area contributed by atoms with Crippen molar-refractivity contribution in [2.75, 3.05) is 13.1 Å². The molecule has 0 aromatic rings. The molecule has 3 rings (SSSR count). The highest BCUT2D eigenvalue weighted by Gasteiger charge is 2.51. The van der Waals surface area contributed by atoms with Crippen molar-refractivity contribution in [1.29, 1.82) is 0 Å². The van der Waals surface area contributed by atoms with Crippen LogP contribution in [0, 0.1) is 0 Å². The molecule has 0 bridgehead atoms. The number of hydrogen-bond donors (Lipinski definition) is 10. The van der Waals surface area contributed by atoms with E-state index < -0.39 is 85.4 Å². The molecule has 2 heterocycles. The molecule has 2 aliphatic heterocycles. The second-order valence-corrected chi connectivity index (χ2v) is 10.2. The monoisotopic (exact) mass is 536 g/mol. The first kappa shape index (κ1) is 30.5. The van der Waals surface area contributed by atoms with Crippen LogP contribution in [0.25, 0.3) is 0 Å². The smallest absolute Gasteiger partial charge is 0.249 e. The number of nitrogens with one attached hydrogen (secondary N) is 1. The van der Waals surface area contributed by atoms with Crippen molar-refractivity contribution in [2.45, 2.75) is 118 Å². The Morgan fingerprint density at radius 2 is 1.65 bits per heavy atom. The number of rotatable bonds is 9. The number of aliphatic hydroxyl groups is 4. The molecule has 2 saturated heterocycles. The van der Waals surface area contributed by atoms with Gasteiger partial charge in [-0.1, -0.05) is 0 Å². The van der Waals surface area contributed by atoms with E-state index in [1.54, 1.807) is 6.92 Å². The lowest BCUT2D eigenvalue weighted by Crippen LogP contribution is -2.68. The Balaban J connectivity index is 1.82. The molecule has 37 heavy (non-hydrogen) atoms. The lowest BCUT2D eigenvalue weighted by molar-refractivity contribution is -0.321. The van der Waals surface area contributed by atoms with Gasteiger partial charge in [0.1, 0.15) is 36.6 Å². The van der Waals surface area contributed by atoms with Gasteiger partial charge in [0.15, 0.2) is 12.6 Å². The molecule has 1 amide bonds. The zero-order valence-electron chi connectivity index (χ0n) is 21.0. The minimum Gasteiger partial charge on any atom is -0.388 e. The normalized spacial score (nSPS) is 45.8. The highest BCUT2D eigenvalue weighted by molar-refractivity contribution is 5.80. The highest BCUT2D eigenvalue weighted by atomic mass is 16.7. The van der Waals surface area contributed by atoms with Crippen molar-refractivity contribution < 1.29 is 44.2 Å². The van der Waals surface area contributed by atoms with E-state index in [4.69, 9.17) is 47.6 Å². The lowest BCUT2D eigenvalue weighted by Gasteiger charge is -2.48. The van der Waals surface area contributed by atoms with E-state index in [1.165, 1.54) is 0 Å². The molecular formula is C22H44N6O9. The van der Waals surface area contributed by atoms with Gasteiger partial charge in [0.2, 0.25) is 5.91 Å². The van der Waals surface area contributed by atoms with Crippen LogP contribution in [-0.2, 0) is 23.7 Å². The molecule has 0 aromatic heterocycles. The van der Waals surface area contributed by atoms with Gasteiger partial charge < -0.3 is 73.4 Å². The molecule has 1 aliphatic carbocycles. The predicted molar refractivity (Wildman–Crippen MR) is 129 cm³/mol. The Hall–Kier alpha value is -1.05. The van der Waals surface area contributed by atoms with E-state index in [2.05, 4.69) is 5.32 Å². The SMILES string of the molecule is CC1O[C@@H](O[C@H]2C(O[C@H]3OC(CN)CCC3N)C(N)C[C@@H](NC(=O)[C@@H](O)CCN)C2O)C(O)[C@@H](O)[C@@H]1N. The summed E-state index contributed by atoms with van der Waals surface area (Å²) in [5.41, 5.74) is 29.7. The maximum atomic E-state index is 12.4. The maximum Gasteiger partial charge on any atom is 0.249 e. The molecule has 15 nitrogen and oxygen atoms in total. The number of aliphatic hydroxyl groups excluding tert-OH is 4. The standard InChI is InChI=1S/C22H44N6O9/c1-8-14(27)16(31)17(32)22(34-8)37-19-15(30)12(28-20(33)13(29)4-5-23)6-11(26)18(19)36-21-10(25)3-2-9(7-24)35-21/h8-19,21-22,29-32H,2-7,23-27H2,1H3,(H,28,33)/t8?,9?,10?,11?,12-,13+,14-,15?,16+,17?,18?,19-,21-,22+/m1/s1. The van der Waals surface area contributed by atoms with Gasteiger partial charge in [-0.3, -0.25) is 4.79 Å². The molecule has 0 aromatic carbocycles. The molecule has 1 saturated carbocycles. The zero-order chi connectivity index (χ0) is 27.4. The topological polar surface area (TPSA) is 277 Å². The van der Waals surface area contributed by atoms with Gasteiger partial charge in [0, 0.05) is 12.6 Å². The number of carbonyl (C=O) groups excluding carboxylic acids is 1. The first-order valence-corrected chi connectivity index (χ1v) is 12.8. The van der Waals surface area contributed by atoms with Crippen LogP contribution in [0.2, 0.25) is 0 Å². The van der Waals surface area contributed by atoms with Gasteiger partial charge in [0.05, 0.1) is 30.3 Å². The van der Waals surface area contributed by atoms with Crippen molar-refractivity contribution >= 4 is 5.91 Å². The van der Waals surface area contributed by atoms with Crippen LogP contribution in [0.4, 0.5) is 0 Å². The predicted octanol–water partition coefficient (Wildman–Crippen LogP) is -5.37. The number of amides is 1. The largest absolute Gasteiger partial charge is 0.388 e. The zero-order valence-corrected chi connectivity index (χ0v) is 21.0. The molecule has 7 unspecified atom stereocenters. The summed E-state index contributed by atoms with van der Waals surface area (Å²) in [5.74, 6) is -0.729. The van der Waals surface area contributed by atoms with E-state index in [9.17, 15) is 25.2 Å². The quantitative estimate of drug-likeness (QED) is 0.132. The van der Waals surface area contributed by atoms with E-state index in [1.807, 2.05) is 0 Å². The second kappa shape index (κ2) is 13.3. The molecule has 0 spiro atoms. The molecule has 15 heteroatoms. The van der Waals surface area contributed by atoms with Crippen LogP contribution in [0.5, 0.6) is 0 Å². The van der Waals surface area contributed by atoms with Crippen molar-refractivity contribution in [3.63, 3.8) is 0 Å². The third-order valence-electron chi connectivity index (χ3n) is 7.35. The number of hydrogen-bond acceptors (Lipinski definition) is 14. The molecule has 15 N–H and O–H groups in total. The fraction of sp³-hybridized carbons (Fsp3) is 0.955. The summed E-state index contributed by atoms with van der Waals surface area (Å²) in [5, 5.41) is 44.8. The maximum absolute atomic E-state index is 12.4. The van der Waals surface area contributed by atoms with E-state index in [-0.39, 0.29) is 32.0 Å². The van der Waals surface area contributed by atoms with Crippen LogP contribution in [0.15, 0.2) is 0 Å². The number of nitrogens with two attached hydrogens (primary N) is 5. The summed E-state index contributed by atoms with van der Waals surface area (Å²) in [6, 6.07) is -3.10. The van der Waals surface area contributed by atoms with Crippen LogP contribution < -0.4 is 34.0 Å². The Labute approximate surface area is 215 Å². The van der Waals surface area contributed by atoms with Crippen molar-refractivity contribution in [2.24, 2.45) is 28.7 Å². The minimum atomic E-state index is -1.54. The molecule has 0 radical (unpaired) electrons. The van der Waals surface area contributed by atoms with E-state index in [0.717, 1.165) is 0 Å². The van der Waals surface area contributed by atoms with Gasteiger partial charge in [-0.2, -0.15) is 0 Å². The van der Waals surface area contributed by atoms with Gasteiger partial charge >= 0.3 is 0 Å². The van der Waals surface area contributed by atoms with Gasteiger partial charge in [0.25, 0.3) is 0 Å². The second-order valence-electron chi connectivity index (χ2n) is 10.2. The van der Waals surface area contributed by atoms with Gasteiger partial charge in [-0.25, -0.2) is 0 Å². The van der Waals surface area contributed by atoms with E-state index in [0.29, 0.717) is 12.8 Å². The highest BCUT2D eigenvalue weighted by Crippen LogP contribution is 2.32. The summed E-state index contributed by atoms with van der Waals surface area (Å²) in [6.45, 7) is 1.97. The summed E-state index contributed by atoms with van der Waals surface area (Å²) in [6.07, 6.45) is -9.85. The number of ether oxygens (including phenoxy) is 4. The Morgan fingerprint density at radius 1 is 0.973 bits per heavy atom. The van der Waals surface area contributed by atoms with Crippen LogP contribution in [0.1, 0.15) is 32.6 Å². The summed E-state index contributed by atoms with van der Waals surface area (Å²) >= 11 is 0. The third-order valence-corrected chi connectivity index (χ3v) is 7.35. The van der Waals surface area contributed by atoms with Crippen LogP contribution in [0.3, 0.4) is 0 Å². The first-order chi connectivity index (χ1) is 17.5. The summed E-state index contributed by atoms with van der Waals surface area (Å²) in [4.78, 5) is 12.4. The van der Waals surface area contributed by atoms with Gasteiger partial charge in [-0.05, 0) is 39.2 Å². The first-order valence-electron chi connectivity index (χ1n) is 12.8. The van der Waals surface area contributed by atoms with Crippen molar-refractivity contribution in [3.05, 3.63) is 0 Å². The Morgan fingerprint density at radius 3 is 2.30 bits per heavy atom. The fourth-order valence-electron chi connectivity index (χ4n) is 4.93. The van der Waals surface area contributed by atoms with Crippen molar-refractivity contribution in [3.8, 4) is 0 Å². The van der Waals surface area contributed by atoms with Crippen molar-refractivity contribution in [1.82, 2.24) is 5.32 Å². The summed E-state index contributed by atoms with van der Waals surface area (Å²) in [7, 11) is 0. The Bertz CT molecular complexity index is 741. The molecule has 3 aliphatic rings. The molecular weight excluding hydrogens is 492 g/mol. The lowest BCUT2D eigenvalue weighted by atomic mass is 9.83. The third kappa shape index (κ3) is 7.13. The molecule has 14 atom stereocenters. The van der Waals surface area contributed by atoms with Crippen LogP contribution in [-0.4, -0.2) is 125 Å². The fourth-order valence-corrected chi connectivity index (χ4v) is 4.93. The number of carbonyl (C=O) groups is 1. The Kier molecular flexibility index (Phi) is 11.0.